The molecule has 12 nitrogen and oxygen atoms in total. The first-order chi connectivity index (χ1) is 28.0. The van der Waals surface area contributed by atoms with Crippen molar-refractivity contribution in [1.82, 2.24) is 14.7 Å². The van der Waals surface area contributed by atoms with Crippen molar-refractivity contribution in [3.8, 4) is 0 Å². The van der Waals surface area contributed by atoms with Gasteiger partial charge in [0.2, 0.25) is 5.91 Å². The number of carbonyl (C=O) groups is 5. The fourth-order valence-corrected chi connectivity index (χ4v) is 9.45. The van der Waals surface area contributed by atoms with Gasteiger partial charge in [-0.2, -0.15) is 0 Å². The lowest BCUT2D eigenvalue weighted by molar-refractivity contribution is -0.139. The van der Waals surface area contributed by atoms with Gasteiger partial charge in [0.25, 0.3) is 11.8 Å². The number of benzene rings is 3. The van der Waals surface area contributed by atoms with Crippen molar-refractivity contribution in [2.24, 2.45) is 0 Å². The Hall–Kier alpha value is -5.37. The molecule has 2 aliphatic carbocycles. The Bertz CT molecular complexity index is 2140. The first-order valence-electron chi connectivity index (χ1n) is 20.2. The first-order valence-corrected chi connectivity index (χ1v) is 21.0. The predicted molar refractivity (Wildman–Crippen MR) is 224 cm³/mol. The van der Waals surface area contributed by atoms with E-state index >= 15 is 0 Å². The van der Waals surface area contributed by atoms with E-state index in [9.17, 15) is 24.0 Å². The average molecular weight is 806 g/mol. The summed E-state index contributed by atoms with van der Waals surface area (Å²) in [6.07, 6.45) is 9.18. The molecular weight excluding hydrogens is 755 g/mol. The lowest BCUT2D eigenvalue weighted by Gasteiger charge is -2.39. The lowest BCUT2D eigenvalue weighted by atomic mass is 9.95. The molecule has 0 spiro atoms. The van der Waals surface area contributed by atoms with Crippen molar-refractivity contribution in [1.29, 1.82) is 0 Å². The molecule has 13 heteroatoms. The molecule has 1 saturated carbocycles. The highest BCUT2D eigenvalue weighted by Crippen LogP contribution is 2.39. The normalized spacial score (nSPS) is 15.6. The zero-order valence-electron chi connectivity index (χ0n) is 32.9. The Morgan fingerprint density at radius 3 is 2.05 bits per heavy atom. The van der Waals surface area contributed by atoms with Crippen LogP contribution in [0.3, 0.4) is 0 Å². The summed E-state index contributed by atoms with van der Waals surface area (Å²) in [5.41, 5.74) is 6.21. The fraction of sp³-hybridized carbons (Fsp3) is 0.400. The second-order valence-corrected chi connectivity index (χ2v) is 16.9. The molecule has 2 fully saturated rings. The van der Waals surface area contributed by atoms with Crippen molar-refractivity contribution >= 4 is 51.7 Å². The van der Waals surface area contributed by atoms with E-state index in [2.05, 4.69) is 21.6 Å². The molecule has 0 bridgehead atoms. The van der Waals surface area contributed by atoms with E-state index in [0.717, 1.165) is 91.3 Å². The van der Waals surface area contributed by atoms with Crippen LogP contribution in [0.2, 0.25) is 0 Å². The van der Waals surface area contributed by atoms with Crippen molar-refractivity contribution in [3.05, 3.63) is 117 Å². The maximum absolute atomic E-state index is 13.9. The second kappa shape index (κ2) is 18.5. The van der Waals surface area contributed by atoms with Gasteiger partial charge in [0.15, 0.2) is 0 Å². The van der Waals surface area contributed by atoms with Gasteiger partial charge in [-0.05, 0) is 130 Å². The SMILES string of the molecule is CN(CC(=O)O)CC(=O)N1CCC(N(Cc2cccc(C(=O)Nc3sc4c(c3C(=O)Nc3ccc(CCc5ccc(C(=O)O)cc5)cc3)CCCC4)c2)C2CC2)CC1. The summed E-state index contributed by atoms with van der Waals surface area (Å²) in [7, 11) is 1.64. The standard InChI is InChI=1S/C45H51N5O7S/c1-48(28-40(52)53)27-39(51)49-23-21-36(22-24-49)50(35-19-20-35)26-31-5-4-6-33(25-31)42(54)47-44-41(37-7-2-3-8-38(37)58-44)43(55)46-34-17-13-30(14-18-34)10-9-29-11-15-32(16-12-29)45(56)57/h4-6,11-18,25,35-36H,2-3,7-10,19-24,26-28H2,1H3,(H,46,55)(H,47,54)(H,52,53)(H,56,57). The van der Waals surface area contributed by atoms with Crippen molar-refractivity contribution in [2.45, 2.75) is 82.8 Å². The molecule has 0 atom stereocenters. The van der Waals surface area contributed by atoms with Crippen LogP contribution in [-0.2, 0) is 41.8 Å². The monoisotopic (exact) mass is 805 g/mol. The fourth-order valence-electron chi connectivity index (χ4n) is 8.17. The zero-order valence-corrected chi connectivity index (χ0v) is 33.7. The van der Waals surface area contributed by atoms with E-state index in [4.69, 9.17) is 10.2 Å². The molecule has 3 amide bonds. The molecular formula is C45H51N5O7S. The lowest BCUT2D eigenvalue weighted by Crippen LogP contribution is -2.49. The highest BCUT2D eigenvalue weighted by atomic mass is 32.1. The summed E-state index contributed by atoms with van der Waals surface area (Å²) in [4.78, 5) is 69.9. The number of likely N-dealkylation sites (N-methyl/N-ethyl adjacent to an activating group) is 1. The number of piperidine rings is 1. The van der Waals surface area contributed by atoms with Crippen LogP contribution >= 0.6 is 11.3 Å². The molecule has 4 N–H and O–H groups in total. The number of aliphatic carboxylic acids is 1. The summed E-state index contributed by atoms with van der Waals surface area (Å²) in [6.45, 7) is 1.89. The van der Waals surface area contributed by atoms with Gasteiger partial charge < -0.3 is 25.7 Å². The number of anilines is 2. The topological polar surface area (TPSA) is 160 Å². The number of carboxylic acids is 2. The molecule has 1 aliphatic heterocycles. The van der Waals surface area contributed by atoms with E-state index in [0.29, 0.717) is 53.5 Å². The van der Waals surface area contributed by atoms with Crippen LogP contribution in [0.5, 0.6) is 0 Å². The van der Waals surface area contributed by atoms with Gasteiger partial charge in [-0.25, -0.2) is 4.79 Å². The van der Waals surface area contributed by atoms with E-state index in [1.807, 2.05) is 59.5 Å². The van der Waals surface area contributed by atoms with Crippen LogP contribution in [0.4, 0.5) is 10.7 Å². The third kappa shape index (κ3) is 10.4. The van der Waals surface area contributed by atoms with Gasteiger partial charge in [0.05, 0.1) is 24.2 Å². The minimum absolute atomic E-state index is 0.0443. The Morgan fingerprint density at radius 2 is 1.40 bits per heavy atom. The summed E-state index contributed by atoms with van der Waals surface area (Å²) in [5, 5.41) is 25.0. The third-order valence-electron chi connectivity index (χ3n) is 11.4. The van der Waals surface area contributed by atoms with Crippen molar-refractivity contribution in [3.63, 3.8) is 0 Å². The van der Waals surface area contributed by atoms with Crippen LogP contribution in [-0.4, -0.2) is 99.9 Å². The van der Waals surface area contributed by atoms with Crippen LogP contribution < -0.4 is 10.6 Å². The molecule has 1 aromatic heterocycles. The van der Waals surface area contributed by atoms with Gasteiger partial charge in [-0.15, -0.1) is 11.3 Å². The maximum Gasteiger partial charge on any atom is 0.335 e. The predicted octanol–water partition coefficient (Wildman–Crippen LogP) is 6.59. The minimum atomic E-state index is -0.953. The number of amides is 3. The molecule has 304 valence electrons. The number of hydrogen-bond acceptors (Lipinski definition) is 8. The quantitative estimate of drug-likeness (QED) is 0.0981. The van der Waals surface area contributed by atoms with E-state index in [1.165, 1.54) is 16.2 Å². The number of likely N-dealkylation sites (tertiary alicyclic amines) is 1. The summed E-state index contributed by atoms with van der Waals surface area (Å²) in [6, 6.07) is 23.2. The molecule has 1 saturated heterocycles. The molecule has 4 aromatic rings. The number of carboxylic acid groups (broad SMARTS) is 2. The number of hydrogen-bond donors (Lipinski definition) is 4. The maximum atomic E-state index is 13.9. The Labute approximate surface area is 342 Å². The Morgan fingerprint density at radius 1 is 0.741 bits per heavy atom. The number of fused-ring (bicyclic) bond motifs is 1. The van der Waals surface area contributed by atoms with Gasteiger partial charge in [-0.1, -0.05) is 36.4 Å². The van der Waals surface area contributed by atoms with Gasteiger partial charge in [0.1, 0.15) is 5.00 Å². The number of aryl methyl sites for hydroxylation is 3. The van der Waals surface area contributed by atoms with E-state index in [1.54, 1.807) is 19.2 Å². The Balaban J connectivity index is 0.974. The zero-order chi connectivity index (χ0) is 40.8. The minimum Gasteiger partial charge on any atom is -0.480 e. The molecule has 0 radical (unpaired) electrons. The highest BCUT2D eigenvalue weighted by Gasteiger charge is 2.36. The smallest absolute Gasteiger partial charge is 0.335 e. The van der Waals surface area contributed by atoms with Crippen LogP contribution in [0.1, 0.15) is 96.7 Å². The number of thiophene rings is 1. The highest BCUT2D eigenvalue weighted by molar-refractivity contribution is 7.17. The van der Waals surface area contributed by atoms with Gasteiger partial charge in [-0.3, -0.25) is 29.0 Å². The van der Waals surface area contributed by atoms with Crippen molar-refractivity contribution in [2.75, 3.05) is 43.9 Å². The Kier molecular flexibility index (Phi) is 13.0. The molecule has 7 rings (SSSR count). The number of carbonyl (C=O) groups excluding carboxylic acids is 3. The van der Waals surface area contributed by atoms with Gasteiger partial charge in [0, 0.05) is 47.8 Å². The van der Waals surface area contributed by atoms with Crippen molar-refractivity contribution < 1.29 is 34.2 Å². The summed E-state index contributed by atoms with van der Waals surface area (Å²) in [5.74, 6) is -2.43. The van der Waals surface area contributed by atoms with Crippen LogP contribution in [0.25, 0.3) is 0 Å². The van der Waals surface area contributed by atoms with Crippen LogP contribution in [0, 0.1) is 0 Å². The van der Waals surface area contributed by atoms with Crippen LogP contribution in [0.15, 0.2) is 72.8 Å². The molecule has 2 heterocycles. The summed E-state index contributed by atoms with van der Waals surface area (Å²) >= 11 is 1.50. The van der Waals surface area contributed by atoms with E-state index < -0.39 is 11.9 Å². The third-order valence-corrected chi connectivity index (χ3v) is 12.6. The molecule has 58 heavy (non-hydrogen) atoms. The number of nitrogens with zero attached hydrogens (tertiary/aromatic N) is 3. The van der Waals surface area contributed by atoms with E-state index in [-0.39, 0.29) is 36.4 Å². The summed E-state index contributed by atoms with van der Waals surface area (Å²) < 4.78 is 0. The number of nitrogens with one attached hydrogen (secondary N) is 2. The van der Waals surface area contributed by atoms with Gasteiger partial charge >= 0.3 is 11.9 Å². The average Bonchev–Trinajstić information content (AvgIpc) is 3.99. The second-order valence-electron chi connectivity index (χ2n) is 15.8. The number of rotatable bonds is 16. The largest absolute Gasteiger partial charge is 0.480 e. The molecule has 3 aromatic carbocycles. The molecule has 0 unspecified atom stereocenters. The molecule has 3 aliphatic rings. The number of aromatic carboxylic acids is 1. The first kappa shape index (κ1) is 40.8.